The normalized spacial score (nSPS) is 14.6. The molecule has 2 aromatic heterocycles. The zero-order valence-electron chi connectivity index (χ0n) is 18.7. The summed E-state index contributed by atoms with van der Waals surface area (Å²) in [5.74, 6) is 0.772. The van der Waals surface area contributed by atoms with E-state index in [1.807, 2.05) is 17.0 Å². The molecule has 1 saturated heterocycles. The topological polar surface area (TPSA) is 87.1 Å². The van der Waals surface area contributed by atoms with Gasteiger partial charge in [-0.2, -0.15) is 0 Å². The number of fused-ring (bicyclic) bond motifs is 1. The van der Waals surface area contributed by atoms with Gasteiger partial charge in [-0.15, -0.1) is 0 Å². The maximum atomic E-state index is 14.6. The highest BCUT2D eigenvalue weighted by atomic mass is 19.1. The summed E-state index contributed by atoms with van der Waals surface area (Å²) >= 11 is 0. The highest BCUT2D eigenvalue weighted by molar-refractivity contribution is 5.81. The number of nitrogens with one attached hydrogen (secondary N) is 1. The van der Waals surface area contributed by atoms with Gasteiger partial charge < -0.3 is 15.1 Å². The summed E-state index contributed by atoms with van der Waals surface area (Å²) in [4.78, 5) is 33.3. The summed E-state index contributed by atoms with van der Waals surface area (Å²) in [6.07, 6.45) is 4.56. The zero-order valence-corrected chi connectivity index (χ0v) is 18.7. The van der Waals surface area contributed by atoms with Gasteiger partial charge in [0.05, 0.1) is 23.4 Å². The number of amides is 1. The van der Waals surface area contributed by atoms with Gasteiger partial charge in [0, 0.05) is 44.7 Å². The molecule has 8 nitrogen and oxygen atoms in total. The van der Waals surface area contributed by atoms with Gasteiger partial charge in [-0.3, -0.25) is 9.78 Å². The van der Waals surface area contributed by atoms with E-state index in [0.29, 0.717) is 30.1 Å². The van der Waals surface area contributed by atoms with E-state index in [4.69, 9.17) is 4.98 Å². The Balaban J connectivity index is 1.58. The number of hydrogen-bond acceptors (Lipinski definition) is 7. The van der Waals surface area contributed by atoms with Crippen molar-refractivity contribution in [3.05, 3.63) is 36.4 Å². The number of hydrogen-bond donors (Lipinski definition) is 1. The lowest BCUT2D eigenvalue weighted by molar-refractivity contribution is -0.129. The van der Waals surface area contributed by atoms with Crippen molar-refractivity contribution in [1.82, 2.24) is 24.8 Å². The lowest BCUT2D eigenvalue weighted by Crippen LogP contribution is -2.41. The Hall–Kier alpha value is -3.36. The molecular weight excluding hydrogens is 409 g/mol. The van der Waals surface area contributed by atoms with E-state index in [1.165, 1.54) is 6.20 Å². The highest BCUT2D eigenvalue weighted by Gasteiger charge is 2.21. The van der Waals surface area contributed by atoms with Crippen LogP contribution in [0.15, 0.2) is 30.6 Å². The lowest BCUT2D eigenvalue weighted by atomic mass is 10.1. The van der Waals surface area contributed by atoms with Crippen molar-refractivity contribution in [2.75, 3.05) is 36.4 Å². The van der Waals surface area contributed by atoms with E-state index >= 15 is 0 Å². The number of likely N-dealkylation sites (tertiary alicyclic amines) is 1. The van der Waals surface area contributed by atoms with Gasteiger partial charge in [-0.05, 0) is 38.8 Å². The molecule has 0 unspecified atom stereocenters. The maximum absolute atomic E-state index is 14.6. The van der Waals surface area contributed by atoms with Crippen molar-refractivity contribution in [3.8, 4) is 11.3 Å². The predicted molar refractivity (Wildman–Crippen MR) is 123 cm³/mol. The van der Waals surface area contributed by atoms with Crippen LogP contribution in [0.1, 0.15) is 33.6 Å². The van der Waals surface area contributed by atoms with Crippen LogP contribution < -0.4 is 10.2 Å². The molecule has 4 rings (SSSR count). The minimum absolute atomic E-state index is 0.0901. The van der Waals surface area contributed by atoms with Crippen LogP contribution in [0.5, 0.6) is 0 Å². The Labute approximate surface area is 186 Å². The van der Waals surface area contributed by atoms with Crippen LogP contribution in [-0.4, -0.2) is 63.0 Å². The predicted octanol–water partition coefficient (Wildman–Crippen LogP) is 3.49. The Kier molecular flexibility index (Phi) is 6.43. The molecule has 32 heavy (non-hydrogen) atoms. The molecule has 3 heterocycles. The third kappa shape index (κ3) is 4.61. The number of halogens is 1. The molecule has 0 radical (unpaired) electrons. The Morgan fingerprint density at radius 2 is 1.88 bits per heavy atom. The van der Waals surface area contributed by atoms with Crippen LogP contribution in [0.3, 0.4) is 0 Å². The van der Waals surface area contributed by atoms with Crippen LogP contribution in [0.25, 0.3) is 22.3 Å². The fourth-order valence-corrected chi connectivity index (χ4v) is 4.01. The molecule has 0 spiro atoms. The summed E-state index contributed by atoms with van der Waals surface area (Å²) in [7, 11) is 0. The quantitative estimate of drug-likeness (QED) is 0.632. The number of nitrogens with zero attached hydrogens (tertiary/aromatic N) is 6. The third-order valence-electron chi connectivity index (χ3n) is 5.91. The first kappa shape index (κ1) is 21.9. The summed E-state index contributed by atoms with van der Waals surface area (Å²) in [6.45, 7) is 8.77. The number of benzene rings is 1. The molecule has 1 aromatic carbocycles. The molecule has 1 fully saturated rings. The highest BCUT2D eigenvalue weighted by Crippen LogP contribution is 2.26. The average Bonchev–Trinajstić information content (AvgIpc) is 2.81. The molecule has 0 aliphatic carbocycles. The Bertz CT molecular complexity index is 1110. The van der Waals surface area contributed by atoms with Crippen LogP contribution >= 0.6 is 0 Å². The second-order valence-electron chi connectivity index (χ2n) is 7.92. The molecule has 0 saturated carbocycles. The van der Waals surface area contributed by atoms with Crippen molar-refractivity contribution in [2.24, 2.45) is 0 Å². The monoisotopic (exact) mass is 437 g/mol. The summed E-state index contributed by atoms with van der Waals surface area (Å²) < 4.78 is 14.6. The van der Waals surface area contributed by atoms with Crippen molar-refractivity contribution in [1.29, 1.82) is 0 Å². The van der Waals surface area contributed by atoms with Gasteiger partial charge in [0.15, 0.2) is 5.82 Å². The Morgan fingerprint density at radius 3 is 2.56 bits per heavy atom. The molecular formula is C23H28FN7O. The number of anilines is 2. The van der Waals surface area contributed by atoms with Crippen LogP contribution in [0.4, 0.5) is 16.2 Å². The first-order valence-electron chi connectivity index (χ1n) is 11.0. The minimum Gasteiger partial charge on any atom is -0.356 e. The average molecular weight is 438 g/mol. The third-order valence-corrected chi connectivity index (χ3v) is 5.91. The van der Waals surface area contributed by atoms with Crippen molar-refractivity contribution in [2.45, 2.75) is 39.7 Å². The Morgan fingerprint density at radius 1 is 1.12 bits per heavy atom. The van der Waals surface area contributed by atoms with E-state index in [0.717, 1.165) is 37.3 Å². The zero-order chi connectivity index (χ0) is 22.7. The lowest BCUT2D eigenvalue weighted by Gasteiger charge is -2.31. The second kappa shape index (κ2) is 9.42. The van der Waals surface area contributed by atoms with E-state index in [9.17, 15) is 9.18 Å². The van der Waals surface area contributed by atoms with Crippen molar-refractivity contribution < 1.29 is 9.18 Å². The molecule has 0 atom stereocenters. The van der Waals surface area contributed by atoms with Crippen LogP contribution in [0.2, 0.25) is 0 Å². The first-order chi connectivity index (χ1) is 15.5. The van der Waals surface area contributed by atoms with E-state index < -0.39 is 5.82 Å². The molecule has 3 aromatic rings. The van der Waals surface area contributed by atoms with E-state index in [1.54, 1.807) is 19.2 Å². The fourth-order valence-electron chi connectivity index (χ4n) is 4.01. The van der Waals surface area contributed by atoms with Gasteiger partial charge >= 0.3 is 0 Å². The van der Waals surface area contributed by atoms with Crippen LogP contribution in [0, 0.1) is 5.82 Å². The van der Waals surface area contributed by atoms with Crippen LogP contribution in [-0.2, 0) is 4.79 Å². The summed E-state index contributed by atoms with van der Waals surface area (Å²) in [5.41, 5.74) is 2.28. The van der Waals surface area contributed by atoms with Crippen molar-refractivity contribution in [3.63, 3.8) is 0 Å². The number of aromatic nitrogens is 4. The van der Waals surface area contributed by atoms with Gasteiger partial charge in [-0.25, -0.2) is 19.3 Å². The molecule has 168 valence electrons. The van der Waals surface area contributed by atoms with Gasteiger partial charge in [0.2, 0.25) is 11.9 Å². The van der Waals surface area contributed by atoms with E-state index in [2.05, 4.69) is 39.0 Å². The SMILES string of the molecule is CCN(CC)c1cnc2ccc(-c3nc(NC4CCN(C(C)=O)CC4)ncc3F)cc2n1. The van der Waals surface area contributed by atoms with Gasteiger partial charge in [-0.1, -0.05) is 6.07 Å². The first-order valence-corrected chi connectivity index (χ1v) is 11.0. The molecule has 1 N–H and O–H groups in total. The van der Waals surface area contributed by atoms with Crippen molar-refractivity contribution >= 4 is 28.7 Å². The number of piperidine rings is 1. The number of carbonyl (C=O) groups excluding carboxylic acids is 1. The molecule has 1 aliphatic heterocycles. The molecule has 1 amide bonds. The summed E-state index contributed by atoms with van der Waals surface area (Å²) in [5, 5.41) is 3.29. The molecule has 0 bridgehead atoms. The number of rotatable bonds is 6. The largest absolute Gasteiger partial charge is 0.356 e. The summed E-state index contributed by atoms with van der Waals surface area (Å²) in [6, 6.07) is 5.59. The van der Waals surface area contributed by atoms with Gasteiger partial charge in [0.25, 0.3) is 0 Å². The molecule has 9 heteroatoms. The molecule has 1 aliphatic rings. The van der Waals surface area contributed by atoms with Gasteiger partial charge in [0.1, 0.15) is 11.5 Å². The second-order valence-corrected chi connectivity index (χ2v) is 7.92. The minimum atomic E-state index is -0.492. The number of carbonyl (C=O) groups is 1. The smallest absolute Gasteiger partial charge is 0.223 e. The van der Waals surface area contributed by atoms with E-state index in [-0.39, 0.29) is 17.6 Å². The maximum Gasteiger partial charge on any atom is 0.223 e. The fraction of sp³-hybridized carbons (Fsp3) is 0.435. The standard InChI is InChI=1S/C23H28FN7O/c1-4-30(5-2)21-14-25-19-7-6-16(12-20(19)28-21)22-18(24)13-26-23(29-22)27-17-8-10-31(11-9-17)15(3)32/h6-7,12-14,17H,4-5,8-11H2,1-3H3,(H,26,27,29).